The highest BCUT2D eigenvalue weighted by molar-refractivity contribution is 6.33. The Kier molecular flexibility index (Phi) is 4.88. The van der Waals surface area contributed by atoms with Crippen molar-refractivity contribution in [1.82, 2.24) is 4.98 Å². The highest BCUT2D eigenvalue weighted by atomic mass is 35.5. The molecule has 1 aromatic carbocycles. The van der Waals surface area contributed by atoms with E-state index in [-0.39, 0.29) is 0 Å². The SMILES string of the molecule is COc1ccc(C(O)Cc2ccnc(N)c2)c(Cl)c1OC. The van der Waals surface area contributed by atoms with E-state index in [1.54, 1.807) is 30.5 Å². The predicted molar refractivity (Wildman–Crippen MR) is 81.9 cm³/mol. The average Bonchev–Trinajstić information content (AvgIpc) is 2.46. The molecule has 0 aliphatic heterocycles. The van der Waals surface area contributed by atoms with Gasteiger partial charge in [-0.3, -0.25) is 0 Å². The highest BCUT2D eigenvalue weighted by Gasteiger charge is 2.19. The zero-order valence-electron chi connectivity index (χ0n) is 11.8. The van der Waals surface area contributed by atoms with Crippen LogP contribution in [0.2, 0.25) is 5.02 Å². The Morgan fingerprint density at radius 1 is 1.29 bits per heavy atom. The van der Waals surface area contributed by atoms with Crippen LogP contribution in [0.15, 0.2) is 30.5 Å². The number of nitrogens with zero attached hydrogens (tertiary/aromatic N) is 1. The molecular weight excluding hydrogens is 292 g/mol. The first-order valence-corrected chi connectivity index (χ1v) is 6.73. The number of benzene rings is 1. The number of pyridine rings is 1. The molecule has 1 unspecified atom stereocenters. The van der Waals surface area contributed by atoms with E-state index >= 15 is 0 Å². The molecule has 0 fully saturated rings. The van der Waals surface area contributed by atoms with Crippen LogP contribution in [0.25, 0.3) is 0 Å². The molecule has 3 N–H and O–H groups in total. The minimum Gasteiger partial charge on any atom is -0.493 e. The first-order chi connectivity index (χ1) is 10.1. The van der Waals surface area contributed by atoms with Gasteiger partial charge in [0.2, 0.25) is 0 Å². The van der Waals surface area contributed by atoms with E-state index in [0.717, 1.165) is 5.56 Å². The van der Waals surface area contributed by atoms with E-state index in [1.807, 2.05) is 0 Å². The Hall–Kier alpha value is -1.98. The molecule has 0 radical (unpaired) electrons. The Balaban J connectivity index is 2.29. The number of halogens is 1. The lowest BCUT2D eigenvalue weighted by atomic mass is 10.0. The number of nitrogen functional groups attached to an aromatic ring is 1. The molecule has 0 bridgehead atoms. The number of methoxy groups -OCH3 is 2. The van der Waals surface area contributed by atoms with Crippen LogP contribution in [-0.4, -0.2) is 24.3 Å². The second kappa shape index (κ2) is 6.65. The van der Waals surface area contributed by atoms with Gasteiger partial charge in [-0.25, -0.2) is 4.98 Å². The molecule has 0 aliphatic carbocycles. The molecule has 6 heteroatoms. The maximum Gasteiger partial charge on any atom is 0.179 e. The number of aliphatic hydroxyl groups is 1. The number of rotatable bonds is 5. The Morgan fingerprint density at radius 2 is 2.05 bits per heavy atom. The van der Waals surface area contributed by atoms with E-state index < -0.39 is 6.10 Å². The van der Waals surface area contributed by atoms with Crippen LogP contribution in [0.5, 0.6) is 11.5 Å². The first kappa shape index (κ1) is 15.4. The summed E-state index contributed by atoms with van der Waals surface area (Å²) in [6, 6.07) is 6.95. The van der Waals surface area contributed by atoms with Gasteiger partial charge in [0, 0.05) is 18.2 Å². The van der Waals surface area contributed by atoms with E-state index in [0.29, 0.717) is 34.3 Å². The van der Waals surface area contributed by atoms with Crippen molar-refractivity contribution in [3.8, 4) is 11.5 Å². The number of nitrogens with two attached hydrogens (primary N) is 1. The van der Waals surface area contributed by atoms with Crippen LogP contribution < -0.4 is 15.2 Å². The number of ether oxygens (including phenoxy) is 2. The summed E-state index contributed by atoms with van der Waals surface area (Å²) < 4.78 is 10.4. The fourth-order valence-corrected chi connectivity index (χ4v) is 2.48. The van der Waals surface area contributed by atoms with Crippen LogP contribution >= 0.6 is 11.6 Å². The first-order valence-electron chi connectivity index (χ1n) is 6.35. The van der Waals surface area contributed by atoms with Crippen molar-refractivity contribution in [1.29, 1.82) is 0 Å². The third-order valence-corrected chi connectivity index (χ3v) is 3.54. The van der Waals surface area contributed by atoms with Crippen molar-refractivity contribution in [3.05, 3.63) is 46.6 Å². The Labute approximate surface area is 128 Å². The minimum absolute atomic E-state index is 0.339. The van der Waals surface area contributed by atoms with E-state index in [1.165, 1.54) is 14.2 Å². The van der Waals surface area contributed by atoms with Gasteiger partial charge < -0.3 is 20.3 Å². The molecule has 1 heterocycles. The zero-order valence-corrected chi connectivity index (χ0v) is 12.6. The molecular formula is C15H17ClN2O3. The van der Waals surface area contributed by atoms with E-state index in [4.69, 9.17) is 26.8 Å². The Bertz CT molecular complexity index is 634. The average molecular weight is 309 g/mol. The van der Waals surface area contributed by atoms with Gasteiger partial charge in [-0.1, -0.05) is 17.7 Å². The van der Waals surface area contributed by atoms with E-state index in [2.05, 4.69) is 4.98 Å². The topological polar surface area (TPSA) is 77.6 Å². The summed E-state index contributed by atoms with van der Waals surface area (Å²) >= 11 is 6.28. The summed E-state index contributed by atoms with van der Waals surface area (Å²) in [7, 11) is 3.04. The minimum atomic E-state index is -0.779. The van der Waals surface area contributed by atoms with Crippen molar-refractivity contribution in [2.75, 3.05) is 20.0 Å². The summed E-state index contributed by atoms with van der Waals surface area (Å²) in [6.45, 7) is 0. The van der Waals surface area contributed by atoms with Gasteiger partial charge in [-0.05, 0) is 23.8 Å². The second-order valence-corrected chi connectivity index (χ2v) is 4.89. The van der Waals surface area contributed by atoms with Crippen molar-refractivity contribution < 1.29 is 14.6 Å². The normalized spacial score (nSPS) is 12.0. The summed E-state index contributed by atoms with van der Waals surface area (Å²) in [4.78, 5) is 3.92. The molecule has 2 rings (SSSR count). The van der Waals surface area contributed by atoms with Crippen LogP contribution in [-0.2, 0) is 6.42 Å². The van der Waals surface area contributed by atoms with Crippen molar-refractivity contribution in [2.24, 2.45) is 0 Å². The molecule has 0 saturated heterocycles. The second-order valence-electron chi connectivity index (χ2n) is 4.51. The lowest BCUT2D eigenvalue weighted by Gasteiger charge is -2.17. The number of hydrogen-bond donors (Lipinski definition) is 2. The van der Waals surface area contributed by atoms with Crippen LogP contribution in [0.1, 0.15) is 17.2 Å². The number of hydrogen-bond acceptors (Lipinski definition) is 5. The summed E-state index contributed by atoms with van der Waals surface area (Å²) in [5.41, 5.74) is 7.08. The van der Waals surface area contributed by atoms with Gasteiger partial charge in [0.25, 0.3) is 0 Å². The number of aliphatic hydroxyl groups excluding tert-OH is 1. The largest absolute Gasteiger partial charge is 0.493 e. The maximum atomic E-state index is 10.4. The molecule has 0 spiro atoms. The number of anilines is 1. The standard InChI is InChI=1S/C15H17ClN2O3/c1-20-12-4-3-10(14(16)15(12)21-2)11(19)7-9-5-6-18-13(17)8-9/h3-6,8,11,19H,7H2,1-2H3,(H2,17,18). The maximum absolute atomic E-state index is 10.4. The zero-order chi connectivity index (χ0) is 15.4. The fourth-order valence-electron chi connectivity index (χ4n) is 2.12. The monoisotopic (exact) mass is 308 g/mol. The van der Waals surface area contributed by atoms with Gasteiger partial charge >= 0.3 is 0 Å². The molecule has 21 heavy (non-hydrogen) atoms. The lowest BCUT2D eigenvalue weighted by molar-refractivity contribution is 0.178. The van der Waals surface area contributed by atoms with Gasteiger partial charge in [-0.15, -0.1) is 0 Å². The summed E-state index contributed by atoms with van der Waals surface area (Å²) in [5, 5.41) is 10.7. The number of aromatic nitrogens is 1. The third kappa shape index (κ3) is 3.37. The van der Waals surface area contributed by atoms with Crippen LogP contribution in [0, 0.1) is 0 Å². The van der Waals surface area contributed by atoms with E-state index in [9.17, 15) is 5.11 Å². The Morgan fingerprint density at radius 3 is 2.67 bits per heavy atom. The fraction of sp³-hybridized carbons (Fsp3) is 0.267. The summed E-state index contributed by atoms with van der Waals surface area (Å²) in [6.07, 6.45) is 1.20. The molecule has 112 valence electrons. The quantitative estimate of drug-likeness (QED) is 0.888. The van der Waals surface area contributed by atoms with Gasteiger partial charge in [0.15, 0.2) is 11.5 Å². The van der Waals surface area contributed by atoms with Crippen molar-refractivity contribution in [2.45, 2.75) is 12.5 Å². The molecule has 1 aromatic heterocycles. The van der Waals surface area contributed by atoms with Crippen molar-refractivity contribution in [3.63, 3.8) is 0 Å². The molecule has 0 aliphatic rings. The smallest absolute Gasteiger partial charge is 0.179 e. The third-order valence-electron chi connectivity index (χ3n) is 3.15. The van der Waals surface area contributed by atoms with Gasteiger partial charge in [0.1, 0.15) is 5.82 Å². The van der Waals surface area contributed by atoms with Crippen LogP contribution in [0.3, 0.4) is 0 Å². The van der Waals surface area contributed by atoms with Gasteiger partial charge in [-0.2, -0.15) is 0 Å². The van der Waals surface area contributed by atoms with Crippen molar-refractivity contribution >= 4 is 17.4 Å². The molecule has 5 nitrogen and oxygen atoms in total. The molecule has 1 atom stereocenters. The molecule has 0 saturated carbocycles. The molecule has 0 amide bonds. The molecule has 2 aromatic rings. The highest BCUT2D eigenvalue weighted by Crippen LogP contribution is 2.40. The lowest BCUT2D eigenvalue weighted by Crippen LogP contribution is -2.05. The predicted octanol–water partition coefficient (Wildman–Crippen LogP) is 2.61. The van der Waals surface area contributed by atoms with Crippen LogP contribution in [0.4, 0.5) is 5.82 Å². The van der Waals surface area contributed by atoms with Gasteiger partial charge in [0.05, 0.1) is 25.3 Å². The summed E-state index contributed by atoms with van der Waals surface area (Å²) in [5.74, 6) is 1.34.